The fourth-order valence-corrected chi connectivity index (χ4v) is 3.70. The number of hydrogen-bond donors (Lipinski definition) is 1. The van der Waals surface area contributed by atoms with Gasteiger partial charge >= 0.3 is 5.97 Å². The van der Waals surface area contributed by atoms with Gasteiger partial charge in [0.05, 0.1) is 10.8 Å². The van der Waals surface area contributed by atoms with Gasteiger partial charge in [-0.3, -0.25) is 14.4 Å². The van der Waals surface area contributed by atoms with Crippen LogP contribution in [0.4, 0.5) is 10.1 Å². The van der Waals surface area contributed by atoms with Crippen LogP contribution in [0.25, 0.3) is 0 Å². The lowest BCUT2D eigenvalue weighted by molar-refractivity contribution is -0.158. The molecule has 2 heterocycles. The molecule has 1 N–H and O–H groups in total. The van der Waals surface area contributed by atoms with E-state index >= 15 is 0 Å². The molecule has 0 saturated carbocycles. The van der Waals surface area contributed by atoms with Crippen molar-refractivity contribution in [2.45, 2.75) is 25.9 Å². The molecule has 3 rings (SSSR count). The highest BCUT2D eigenvalue weighted by Gasteiger charge is 2.31. The summed E-state index contributed by atoms with van der Waals surface area (Å²) in [5.41, 5.74) is 0.299. The van der Waals surface area contributed by atoms with Crippen LogP contribution in [0.15, 0.2) is 41.8 Å². The van der Waals surface area contributed by atoms with Gasteiger partial charge in [0, 0.05) is 18.8 Å². The Morgan fingerprint density at radius 2 is 1.96 bits per heavy atom. The number of benzene rings is 1. The topological polar surface area (TPSA) is 75.7 Å². The molecule has 1 fully saturated rings. The minimum Gasteiger partial charge on any atom is -0.452 e. The first kappa shape index (κ1) is 20.0. The first-order valence-electron chi connectivity index (χ1n) is 9.03. The second kappa shape index (κ2) is 8.97. The van der Waals surface area contributed by atoms with Crippen LogP contribution in [-0.2, 0) is 14.3 Å². The summed E-state index contributed by atoms with van der Waals surface area (Å²) in [6, 6.07) is 9.11. The Balaban J connectivity index is 1.47. The molecular weight excluding hydrogens is 383 g/mol. The average molecular weight is 404 g/mol. The van der Waals surface area contributed by atoms with E-state index in [9.17, 15) is 18.8 Å². The van der Waals surface area contributed by atoms with Crippen molar-refractivity contribution in [3.8, 4) is 0 Å². The summed E-state index contributed by atoms with van der Waals surface area (Å²) in [5, 5.41) is 4.38. The molecular formula is C20H21FN2O4S. The van der Waals surface area contributed by atoms with Gasteiger partial charge in [-0.1, -0.05) is 12.1 Å². The molecule has 1 saturated heterocycles. The molecule has 6 nitrogen and oxygen atoms in total. The van der Waals surface area contributed by atoms with Gasteiger partial charge in [-0.2, -0.15) is 0 Å². The van der Waals surface area contributed by atoms with E-state index in [1.54, 1.807) is 17.0 Å². The molecule has 0 spiro atoms. The first-order valence-corrected chi connectivity index (χ1v) is 9.91. The molecule has 1 unspecified atom stereocenters. The number of likely N-dealkylation sites (tertiary alicyclic amines) is 1. The maximum absolute atomic E-state index is 13.2. The molecule has 1 aromatic carbocycles. The minimum absolute atomic E-state index is 0.0235. The maximum atomic E-state index is 13.2. The molecule has 1 aliphatic rings. The zero-order valence-electron chi connectivity index (χ0n) is 15.4. The van der Waals surface area contributed by atoms with Crippen LogP contribution in [-0.4, -0.2) is 41.9 Å². The molecule has 2 amide bonds. The largest absolute Gasteiger partial charge is 0.452 e. The van der Waals surface area contributed by atoms with Crippen molar-refractivity contribution >= 4 is 34.8 Å². The predicted octanol–water partition coefficient (Wildman–Crippen LogP) is 3.31. The molecule has 148 valence electrons. The van der Waals surface area contributed by atoms with Crippen LogP contribution < -0.4 is 5.32 Å². The van der Waals surface area contributed by atoms with Gasteiger partial charge in [0.15, 0.2) is 6.10 Å². The van der Waals surface area contributed by atoms with Crippen molar-refractivity contribution in [3.05, 3.63) is 52.5 Å². The number of rotatable bonds is 5. The predicted molar refractivity (Wildman–Crippen MR) is 104 cm³/mol. The molecule has 1 atom stereocenters. The van der Waals surface area contributed by atoms with E-state index in [1.165, 1.54) is 36.5 Å². The smallest absolute Gasteiger partial charge is 0.309 e. The zero-order chi connectivity index (χ0) is 20.1. The average Bonchev–Trinajstić information content (AvgIpc) is 3.22. The molecule has 1 aromatic heterocycles. The van der Waals surface area contributed by atoms with Crippen LogP contribution in [0.2, 0.25) is 0 Å². The van der Waals surface area contributed by atoms with Gasteiger partial charge in [0.25, 0.3) is 11.8 Å². The second-order valence-corrected chi connectivity index (χ2v) is 7.57. The summed E-state index contributed by atoms with van der Waals surface area (Å²) < 4.78 is 18.5. The lowest BCUT2D eigenvalue weighted by Crippen LogP contribution is -2.41. The molecule has 8 heteroatoms. The molecule has 2 aromatic rings. The summed E-state index contributed by atoms with van der Waals surface area (Å²) in [7, 11) is 0. The number of thiophene rings is 1. The van der Waals surface area contributed by atoms with Crippen LogP contribution >= 0.6 is 11.3 Å². The Kier molecular flexibility index (Phi) is 6.41. The standard InChI is InChI=1S/C20H21FN2O4S/c1-13(18(24)22-16-5-2-4-15(21)12-16)27-20(26)14-7-9-23(10-8-14)19(25)17-6-3-11-28-17/h2-6,11-14H,7-10H2,1H3,(H,22,24). The SMILES string of the molecule is CC(OC(=O)C1CCN(C(=O)c2cccs2)CC1)C(=O)Nc1cccc(F)c1. The molecule has 0 radical (unpaired) electrons. The molecule has 1 aliphatic heterocycles. The summed E-state index contributed by atoms with van der Waals surface area (Å²) >= 11 is 1.39. The number of anilines is 1. The van der Waals surface area contributed by atoms with Gasteiger partial charge in [-0.05, 0) is 49.4 Å². The van der Waals surface area contributed by atoms with Crippen molar-refractivity contribution in [2.75, 3.05) is 18.4 Å². The Labute approximate surface area is 166 Å². The van der Waals surface area contributed by atoms with Crippen LogP contribution in [0, 0.1) is 11.7 Å². The van der Waals surface area contributed by atoms with Crippen LogP contribution in [0.1, 0.15) is 29.4 Å². The zero-order valence-corrected chi connectivity index (χ0v) is 16.2. The summed E-state index contributed by atoms with van der Waals surface area (Å²) in [5.74, 6) is -1.82. The number of carbonyl (C=O) groups excluding carboxylic acids is 3. The van der Waals surface area contributed by atoms with E-state index in [-0.39, 0.29) is 11.8 Å². The minimum atomic E-state index is -0.999. The van der Waals surface area contributed by atoms with E-state index in [4.69, 9.17) is 4.74 Å². The van der Waals surface area contributed by atoms with Crippen molar-refractivity contribution in [3.63, 3.8) is 0 Å². The van der Waals surface area contributed by atoms with Gasteiger partial charge in [-0.25, -0.2) is 4.39 Å². The van der Waals surface area contributed by atoms with E-state index < -0.39 is 23.8 Å². The lowest BCUT2D eigenvalue weighted by Gasteiger charge is -2.31. The number of piperidine rings is 1. The maximum Gasteiger partial charge on any atom is 0.309 e. The van der Waals surface area contributed by atoms with Crippen molar-refractivity contribution < 1.29 is 23.5 Å². The van der Waals surface area contributed by atoms with Crippen molar-refractivity contribution in [2.24, 2.45) is 5.92 Å². The number of nitrogens with one attached hydrogen (secondary N) is 1. The molecule has 0 bridgehead atoms. The highest BCUT2D eigenvalue weighted by atomic mass is 32.1. The van der Waals surface area contributed by atoms with E-state index in [0.29, 0.717) is 36.5 Å². The highest BCUT2D eigenvalue weighted by molar-refractivity contribution is 7.12. The fourth-order valence-electron chi connectivity index (χ4n) is 3.01. The fraction of sp³-hybridized carbons (Fsp3) is 0.350. The third-order valence-electron chi connectivity index (χ3n) is 4.60. The van der Waals surface area contributed by atoms with Gasteiger partial charge < -0.3 is 15.0 Å². The van der Waals surface area contributed by atoms with Gasteiger partial charge in [-0.15, -0.1) is 11.3 Å². The molecule has 28 heavy (non-hydrogen) atoms. The summed E-state index contributed by atoms with van der Waals surface area (Å²) in [4.78, 5) is 39.3. The Morgan fingerprint density at radius 3 is 2.61 bits per heavy atom. The van der Waals surface area contributed by atoms with Crippen molar-refractivity contribution in [1.82, 2.24) is 4.90 Å². The van der Waals surface area contributed by atoms with Gasteiger partial charge in [0.2, 0.25) is 0 Å². The third kappa shape index (κ3) is 4.95. The first-order chi connectivity index (χ1) is 13.4. The number of carbonyl (C=O) groups is 3. The monoisotopic (exact) mass is 404 g/mol. The number of esters is 1. The third-order valence-corrected chi connectivity index (χ3v) is 5.46. The lowest BCUT2D eigenvalue weighted by atomic mass is 9.97. The second-order valence-electron chi connectivity index (χ2n) is 6.62. The number of ether oxygens (including phenoxy) is 1. The summed E-state index contributed by atoms with van der Waals surface area (Å²) in [6.45, 7) is 2.42. The number of halogens is 1. The summed E-state index contributed by atoms with van der Waals surface area (Å²) in [6.07, 6.45) is -0.0101. The molecule has 0 aliphatic carbocycles. The number of amides is 2. The quantitative estimate of drug-likeness (QED) is 0.776. The van der Waals surface area contributed by atoms with E-state index in [2.05, 4.69) is 5.32 Å². The Morgan fingerprint density at radius 1 is 1.21 bits per heavy atom. The Hall–Kier alpha value is -2.74. The number of hydrogen-bond acceptors (Lipinski definition) is 5. The highest BCUT2D eigenvalue weighted by Crippen LogP contribution is 2.22. The van der Waals surface area contributed by atoms with E-state index in [0.717, 1.165) is 0 Å². The Bertz CT molecular complexity index is 848. The normalized spacial score (nSPS) is 15.7. The van der Waals surface area contributed by atoms with Gasteiger partial charge in [0.1, 0.15) is 5.82 Å². The van der Waals surface area contributed by atoms with Crippen LogP contribution in [0.5, 0.6) is 0 Å². The number of nitrogens with zero attached hydrogens (tertiary/aromatic N) is 1. The van der Waals surface area contributed by atoms with E-state index in [1.807, 2.05) is 11.4 Å². The van der Waals surface area contributed by atoms with Crippen LogP contribution in [0.3, 0.4) is 0 Å². The van der Waals surface area contributed by atoms with Crippen molar-refractivity contribution in [1.29, 1.82) is 0 Å².